The SMILES string of the molecule is O=C(CCN1CCOCC1)c1ccsc1. The monoisotopic (exact) mass is 225 g/mol. The molecule has 3 nitrogen and oxygen atoms in total. The van der Waals surface area contributed by atoms with Gasteiger partial charge in [-0.1, -0.05) is 0 Å². The first-order chi connectivity index (χ1) is 7.36. The minimum Gasteiger partial charge on any atom is -0.379 e. The standard InChI is InChI=1S/C11H15NO2S/c13-11(10-2-8-15-9-10)1-3-12-4-6-14-7-5-12/h2,8-9H,1,3-7H2. The Hall–Kier alpha value is -0.710. The van der Waals surface area contributed by atoms with Crippen molar-refractivity contribution in [2.75, 3.05) is 32.8 Å². The van der Waals surface area contributed by atoms with Crippen molar-refractivity contribution in [1.82, 2.24) is 4.90 Å². The number of Topliss-reactive ketones (excluding diaryl/α,β-unsaturated/α-hetero) is 1. The van der Waals surface area contributed by atoms with Gasteiger partial charge in [-0.25, -0.2) is 0 Å². The summed E-state index contributed by atoms with van der Waals surface area (Å²) in [6, 6.07) is 1.90. The second kappa shape index (κ2) is 5.39. The van der Waals surface area contributed by atoms with Crippen LogP contribution in [0.4, 0.5) is 0 Å². The van der Waals surface area contributed by atoms with Crippen LogP contribution in [0.15, 0.2) is 16.8 Å². The summed E-state index contributed by atoms with van der Waals surface area (Å²) in [5.74, 6) is 0.253. The van der Waals surface area contributed by atoms with Crippen LogP contribution < -0.4 is 0 Å². The average molecular weight is 225 g/mol. The number of ether oxygens (including phenoxy) is 1. The summed E-state index contributed by atoms with van der Waals surface area (Å²) >= 11 is 1.57. The summed E-state index contributed by atoms with van der Waals surface area (Å²) in [5.41, 5.74) is 0.855. The summed E-state index contributed by atoms with van der Waals surface area (Å²) < 4.78 is 5.25. The third-order valence-corrected chi connectivity index (χ3v) is 3.29. The van der Waals surface area contributed by atoms with Gasteiger partial charge in [0.15, 0.2) is 5.78 Å². The number of hydrogen-bond donors (Lipinski definition) is 0. The predicted molar refractivity (Wildman–Crippen MR) is 60.5 cm³/mol. The minimum absolute atomic E-state index is 0.253. The van der Waals surface area contributed by atoms with E-state index >= 15 is 0 Å². The molecule has 4 heteroatoms. The van der Waals surface area contributed by atoms with E-state index in [0.29, 0.717) is 6.42 Å². The van der Waals surface area contributed by atoms with Crippen molar-refractivity contribution in [3.63, 3.8) is 0 Å². The zero-order valence-electron chi connectivity index (χ0n) is 8.65. The summed E-state index contributed by atoms with van der Waals surface area (Å²) in [5, 5.41) is 3.86. The van der Waals surface area contributed by atoms with E-state index in [9.17, 15) is 4.79 Å². The van der Waals surface area contributed by atoms with E-state index in [4.69, 9.17) is 4.74 Å². The van der Waals surface area contributed by atoms with E-state index in [1.54, 1.807) is 11.3 Å². The lowest BCUT2D eigenvalue weighted by Crippen LogP contribution is -2.37. The summed E-state index contributed by atoms with van der Waals surface area (Å²) in [6.07, 6.45) is 0.622. The first-order valence-corrected chi connectivity index (χ1v) is 6.16. The molecule has 0 aliphatic carbocycles. The number of ketones is 1. The van der Waals surface area contributed by atoms with Crippen molar-refractivity contribution >= 4 is 17.1 Å². The molecule has 1 aliphatic rings. The van der Waals surface area contributed by atoms with Crippen LogP contribution in [0.25, 0.3) is 0 Å². The lowest BCUT2D eigenvalue weighted by atomic mass is 10.1. The van der Waals surface area contributed by atoms with Gasteiger partial charge in [-0.15, -0.1) is 0 Å². The number of carbonyl (C=O) groups excluding carboxylic acids is 1. The molecule has 0 spiro atoms. The molecule has 1 aromatic rings. The molecule has 82 valence electrons. The van der Waals surface area contributed by atoms with Gasteiger partial charge in [0.05, 0.1) is 13.2 Å². The van der Waals surface area contributed by atoms with Gasteiger partial charge < -0.3 is 4.74 Å². The number of hydrogen-bond acceptors (Lipinski definition) is 4. The third-order valence-electron chi connectivity index (χ3n) is 2.60. The first-order valence-electron chi connectivity index (χ1n) is 5.22. The first kappa shape index (κ1) is 10.8. The van der Waals surface area contributed by atoms with E-state index in [-0.39, 0.29) is 5.78 Å². The van der Waals surface area contributed by atoms with Gasteiger partial charge in [0, 0.05) is 37.0 Å². The lowest BCUT2D eigenvalue weighted by Gasteiger charge is -2.26. The van der Waals surface area contributed by atoms with Crippen LogP contribution in [-0.2, 0) is 4.74 Å². The molecule has 0 unspecified atom stereocenters. The third kappa shape index (κ3) is 3.12. The molecular formula is C11H15NO2S. The molecule has 0 bridgehead atoms. The normalized spacial score (nSPS) is 17.9. The largest absolute Gasteiger partial charge is 0.379 e. The highest BCUT2D eigenvalue weighted by atomic mass is 32.1. The van der Waals surface area contributed by atoms with Crippen molar-refractivity contribution < 1.29 is 9.53 Å². The van der Waals surface area contributed by atoms with Crippen LogP contribution in [0.2, 0.25) is 0 Å². The second-order valence-corrected chi connectivity index (χ2v) is 4.42. The maximum absolute atomic E-state index is 11.7. The average Bonchev–Trinajstić information content (AvgIpc) is 2.81. The highest BCUT2D eigenvalue weighted by Crippen LogP contribution is 2.09. The lowest BCUT2D eigenvalue weighted by molar-refractivity contribution is 0.0370. The molecule has 0 atom stereocenters. The summed E-state index contributed by atoms with van der Waals surface area (Å²) in [6.45, 7) is 4.37. The van der Waals surface area contributed by atoms with Crippen LogP contribution in [0.1, 0.15) is 16.8 Å². The fraction of sp³-hybridized carbons (Fsp3) is 0.545. The van der Waals surface area contributed by atoms with Crippen molar-refractivity contribution in [3.05, 3.63) is 22.4 Å². The molecule has 2 rings (SSSR count). The van der Waals surface area contributed by atoms with Gasteiger partial charge in [-0.2, -0.15) is 11.3 Å². The molecule has 0 aromatic carbocycles. The van der Waals surface area contributed by atoms with Gasteiger partial charge in [-0.3, -0.25) is 9.69 Å². The van der Waals surface area contributed by atoms with E-state index < -0.39 is 0 Å². The minimum atomic E-state index is 0.253. The molecular weight excluding hydrogens is 210 g/mol. The Kier molecular flexibility index (Phi) is 3.88. The molecule has 1 fully saturated rings. The van der Waals surface area contributed by atoms with Crippen molar-refractivity contribution in [3.8, 4) is 0 Å². The fourth-order valence-corrected chi connectivity index (χ4v) is 2.31. The molecule has 2 heterocycles. The Morgan fingerprint density at radius 3 is 2.93 bits per heavy atom. The number of rotatable bonds is 4. The number of morpholine rings is 1. The van der Waals surface area contributed by atoms with Gasteiger partial charge in [0.2, 0.25) is 0 Å². The van der Waals surface area contributed by atoms with Crippen LogP contribution in [-0.4, -0.2) is 43.5 Å². The zero-order chi connectivity index (χ0) is 10.5. The summed E-state index contributed by atoms with van der Waals surface area (Å²) in [4.78, 5) is 14.0. The molecule has 0 radical (unpaired) electrons. The topological polar surface area (TPSA) is 29.5 Å². The van der Waals surface area contributed by atoms with Gasteiger partial charge >= 0.3 is 0 Å². The second-order valence-electron chi connectivity index (χ2n) is 3.64. The fourth-order valence-electron chi connectivity index (χ4n) is 1.65. The van der Waals surface area contributed by atoms with Crippen LogP contribution in [0.5, 0.6) is 0 Å². The van der Waals surface area contributed by atoms with Gasteiger partial charge in [-0.05, 0) is 11.4 Å². The maximum Gasteiger partial charge on any atom is 0.164 e. The Morgan fingerprint density at radius 1 is 1.47 bits per heavy atom. The van der Waals surface area contributed by atoms with E-state index in [0.717, 1.165) is 38.4 Å². The predicted octanol–water partition coefficient (Wildman–Crippen LogP) is 1.65. The molecule has 0 N–H and O–H groups in total. The highest BCUT2D eigenvalue weighted by Gasteiger charge is 2.12. The van der Waals surface area contributed by atoms with E-state index in [1.165, 1.54) is 0 Å². The molecule has 1 aromatic heterocycles. The number of carbonyl (C=O) groups is 1. The molecule has 15 heavy (non-hydrogen) atoms. The van der Waals surface area contributed by atoms with E-state index in [2.05, 4.69) is 4.90 Å². The molecule has 1 aliphatic heterocycles. The Labute approximate surface area is 93.7 Å². The van der Waals surface area contributed by atoms with Crippen LogP contribution in [0, 0.1) is 0 Å². The number of nitrogens with zero attached hydrogens (tertiary/aromatic N) is 1. The Bertz CT molecular complexity index is 304. The Morgan fingerprint density at radius 2 is 2.27 bits per heavy atom. The van der Waals surface area contributed by atoms with Crippen LogP contribution in [0.3, 0.4) is 0 Å². The zero-order valence-corrected chi connectivity index (χ0v) is 9.46. The van der Waals surface area contributed by atoms with Crippen molar-refractivity contribution in [1.29, 1.82) is 0 Å². The maximum atomic E-state index is 11.7. The van der Waals surface area contributed by atoms with E-state index in [1.807, 2.05) is 16.8 Å². The highest BCUT2D eigenvalue weighted by molar-refractivity contribution is 7.08. The molecule has 0 amide bonds. The van der Waals surface area contributed by atoms with Gasteiger partial charge in [0.1, 0.15) is 0 Å². The van der Waals surface area contributed by atoms with Crippen molar-refractivity contribution in [2.24, 2.45) is 0 Å². The summed E-state index contributed by atoms with van der Waals surface area (Å²) in [7, 11) is 0. The molecule has 0 saturated carbocycles. The van der Waals surface area contributed by atoms with Crippen LogP contribution >= 0.6 is 11.3 Å². The Balaban J connectivity index is 1.75. The quantitative estimate of drug-likeness (QED) is 0.730. The van der Waals surface area contributed by atoms with Gasteiger partial charge in [0.25, 0.3) is 0 Å². The van der Waals surface area contributed by atoms with Crippen molar-refractivity contribution in [2.45, 2.75) is 6.42 Å². The number of thiophene rings is 1. The smallest absolute Gasteiger partial charge is 0.164 e. The molecule has 1 saturated heterocycles.